The van der Waals surface area contributed by atoms with Crippen molar-refractivity contribution in [2.45, 2.75) is 45.1 Å². The van der Waals surface area contributed by atoms with Crippen LogP contribution in [0.15, 0.2) is 41.4 Å². The Bertz CT molecular complexity index is 1040. The van der Waals surface area contributed by atoms with Crippen molar-refractivity contribution in [1.82, 2.24) is 5.32 Å². The number of nitrogens with one attached hydrogen (secondary N) is 1. The van der Waals surface area contributed by atoms with Crippen LogP contribution in [0.3, 0.4) is 0 Å². The van der Waals surface area contributed by atoms with Crippen LogP contribution in [0, 0.1) is 29.6 Å². The number of nitriles is 2. The summed E-state index contributed by atoms with van der Waals surface area (Å²) in [6.45, 7) is 6.19. The Kier molecular flexibility index (Phi) is 5.29. The minimum Gasteiger partial charge on any atom is -0.352 e. The number of hydrogen-bond donors (Lipinski definition) is 1. The number of aliphatic imine (C=N–C) groups is 1. The molecule has 1 unspecified atom stereocenters. The molecule has 0 radical (unpaired) electrons. The summed E-state index contributed by atoms with van der Waals surface area (Å²) in [6, 6.07) is 15.8. The highest BCUT2D eigenvalue weighted by atomic mass is 16.1. The zero-order chi connectivity index (χ0) is 20.3. The number of carbonyl (C=O) groups excluding carboxylic acids is 1. The summed E-state index contributed by atoms with van der Waals surface area (Å²) in [6.07, 6.45) is 2.00. The lowest BCUT2D eigenvalue weighted by atomic mass is 9.85. The summed E-state index contributed by atoms with van der Waals surface area (Å²) in [5.74, 6) is -0.261. The minimum absolute atomic E-state index is 0.0853. The summed E-state index contributed by atoms with van der Waals surface area (Å²) in [4.78, 5) is 16.8. The maximum absolute atomic E-state index is 12.5. The lowest BCUT2D eigenvalue weighted by molar-refractivity contribution is -0.121. The molecule has 0 aromatic heterocycles. The summed E-state index contributed by atoms with van der Waals surface area (Å²) in [5, 5.41) is 21.6. The largest absolute Gasteiger partial charge is 0.352 e. The Balaban J connectivity index is 1.65. The summed E-state index contributed by atoms with van der Waals surface area (Å²) in [5.41, 5.74) is 4.65. The first-order chi connectivity index (χ1) is 13.4. The van der Waals surface area contributed by atoms with E-state index >= 15 is 0 Å². The number of fused-ring (bicyclic) bond motifs is 1. The maximum atomic E-state index is 12.5. The van der Waals surface area contributed by atoms with E-state index in [1.807, 2.05) is 45.0 Å². The SMILES string of the molecule is Cc1cc(C(C)(C)C#N)ccc1CNC(=O)CC1C=Nc2cccc(C#N)c21. The Morgan fingerprint density at radius 3 is 2.71 bits per heavy atom. The molecule has 1 aliphatic rings. The molecule has 1 atom stereocenters. The topological polar surface area (TPSA) is 89.0 Å². The van der Waals surface area contributed by atoms with Crippen molar-refractivity contribution in [3.63, 3.8) is 0 Å². The zero-order valence-electron chi connectivity index (χ0n) is 16.3. The number of amides is 1. The van der Waals surface area contributed by atoms with E-state index in [9.17, 15) is 15.3 Å². The third kappa shape index (κ3) is 3.80. The van der Waals surface area contributed by atoms with E-state index in [1.54, 1.807) is 18.3 Å². The second-order valence-electron chi connectivity index (χ2n) is 7.59. The van der Waals surface area contributed by atoms with E-state index < -0.39 is 5.41 Å². The molecule has 0 saturated heterocycles. The predicted molar refractivity (Wildman–Crippen MR) is 108 cm³/mol. The number of benzene rings is 2. The van der Waals surface area contributed by atoms with Gasteiger partial charge in [-0.05, 0) is 49.6 Å². The monoisotopic (exact) mass is 370 g/mol. The number of nitrogens with zero attached hydrogens (tertiary/aromatic N) is 3. The van der Waals surface area contributed by atoms with E-state index in [-0.39, 0.29) is 18.2 Å². The normalized spacial score (nSPS) is 14.8. The molecule has 140 valence electrons. The van der Waals surface area contributed by atoms with Gasteiger partial charge in [-0.15, -0.1) is 0 Å². The number of hydrogen-bond acceptors (Lipinski definition) is 4. The van der Waals surface area contributed by atoms with Crippen LogP contribution in [-0.2, 0) is 16.8 Å². The second kappa shape index (κ2) is 7.66. The Hall–Kier alpha value is -3.44. The fourth-order valence-corrected chi connectivity index (χ4v) is 3.37. The second-order valence-corrected chi connectivity index (χ2v) is 7.59. The van der Waals surface area contributed by atoms with Crippen LogP contribution in [0.5, 0.6) is 0 Å². The number of carbonyl (C=O) groups is 1. The van der Waals surface area contributed by atoms with Crippen molar-refractivity contribution in [1.29, 1.82) is 10.5 Å². The van der Waals surface area contributed by atoms with Crippen molar-refractivity contribution >= 4 is 17.8 Å². The standard InChI is InChI=1S/C23H22N4O/c1-15-9-19(23(2,3)14-25)8-7-17(15)12-27-21(28)10-18-13-26-20-6-4-5-16(11-24)22(18)20/h4-9,13,18H,10,12H2,1-3H3,(H,27,28). The van der Waals surface area contributed by atoms with E-state index in [2.05, 4.69) is 22.4 Å². The van der Waals surface area contributed by atoms with Gasteiger partial charge < -0.3 is 5.32 Å². The zero-order valence-corrected chi connectivity index (χ0v) is 16.3. The van der Waals surface area contributed by atoms with Gasteiger partial charge in [0.25, 0.3) is 0 Å². The quantitative estimate of drug-likeness (QED) is 0.856. The van der Waals surface area contributed by atoms with Gasteiger partial charge in [-0.25, -0.2) is 0 Å². The van der Waals surface area contributed by atoms with Gasteiger partial charge in [0.05, 0.1) is 28.8 Å². The average Bonchev–Trinajstić information content (AvgIpc) is 3.09. The summed E-state index contributed by atoms with van der Waals surface area (Å²) >= 11 is 0. The summed E-state index contributed by atoms with van der Waals surface area (Å²) in [7, 11) is 0. The van der Waals surface area contributed by atoms with Gasteiger partial charge in [0.15, 0.2) is 0 Å². The number of aryl methyl sites for hydroxylation is 1. The molecule has 5 heteroatoms. The number of rotatable bonds is 5. The third-order valence-corrected chi connectivity index (χ3v) is 5.19. The lowest BCUT2D eigenvalue weighted by Gasteiger charge is -2.18. The molecule has 1 heterocycles. The first-order valence-corrected chi connectivity index (χ1v) is 9.21. The highest BCUT2D eigenvalue weighted by molar-refractivity contribution is 5.88. The summed E-state index contributed by atoms with van der Waals surface area (Å²) < 4.78 is 0. The first-order valence-electron chi connectivity index (χ1n) is 9.21. The van der Waals surface area contributed by atoms with Crippen LogP contribution in [0.25, 0.3) is 0 Å². The van der Waals surface area contributed by atoms with Crippen molar-refractivity contribution in [2.75, 3.05) is 0 Å². The van der Waals surface area contributed by atoms with Gasteiger partial charge in [-0.3, -0.25) is 9.79 Å². The first kappa shape index (κ1) is 19.3. The Morgan fingerprint density at radius 2 is 2.04 bits per heavy atom. The van der Waals surface area contributed by atoms with E-state index in [0.29, 0.717) is 12.1 Å². The smallest absolute Gasteiger partial charge is 0.221 e. The highest BCUT2D eigenvalue weighted by Gasteiger charge is 2.25. The van der Waals surface area contributed by atoms with Gasteiger partial charge >= 0.3 is 0 Å². The fraction of sp³-hybridized carbons (Fsp3) is 0.304. The third-order valence-electron chi connectivity index (χ3n) is 5.19. The molecule has 1 N–H and O–H groups in total. The van der Waals surface area contributed by atoms with Crippen LogP contribution < -0.4 is 5.32 Å². The fourth-order valence-electron chi connectivity index (χ4n) is 3.37. The molecular formula is C23H22N4O. The van der Waals surface area contributed by atoms with E-state index in [4.69, 9.17) is 0 Å². The van der Waals surface area contributed by atoms with Gasteiger partial charge in [0, 0.05) is 30.7 Å². The molecule has 0 bridgehead atoms. The van der Waals surface area contributed by atoms with Crippen LogP contribution in [0.1, 0.15) is 54.0 Å². The van der Waals surface area contributed by atoms with Crippen LogP contribution >= 0.6 is 0 Å². The molecule has 1 aliphatic heterocycles. The molecular weight excluding hydrogens is 348 g/mol. The average molecular weight is 370 g/mol. The molecule has 3 rings (SSSR count). The van der Waals surface area contributed by atoms with Crippen molar-refractivity contribution in [2.24, 2.45) is 4.99 Å². The van der Waals surface area contributed by atoms with Crippen molar-refractivity contribution < 1.29 is 4.79 Å². The predicted octanol–water partition coefficient (Wildman–Crippen LogP) is 4.17. The van der Waals surface area contributed by atoms with Gasteiger partial charge in [0.2, 0.25) is 5.91 Å². The lowest BCUT2D eigenvalue weighted by Crippen LogP contribution is -2.25. The van der Waals surface area contributed by atoms with Crippen molar-refractivity contribution in [3.05, 3.63) is 64.2 Å². The van der Waals surface area contributed by atoms with Crippen LogP contribution in [-0.4, -0.2) is 12.1 Å². The molecule has 2 aromatic carbocycles. The molecule has 0 saturated carbocycles. The molecule has 0 aliphatic carbocycles. The highest BCUT2D eigenvalue weighted by Crippen LogP contribution is 2.36. The van der Waals surface area contributed by atoms with E-state index in [0.717, 1.165) is 27.9 Å². The Labute approximate surface area is 165 Å². The van der Waals surface area contributed by atoms with Crippen LogP contribution in [0.2, 0.25) is 0 Å². The van der Waals surface area contributed by atoms with Gasteiger partial charge in [0.1, 0.15) is 0 Å². The molecule has 1 amide bonds. The maximum Gasteiger partial charge on any atom is 0.221 e. The molecule has 0 fully saturated rings. The van der Waals surface area contributed by atoms with Gasteiger partial charge in [-0.1, -0.05) is 24.3 Å². The van der Waals surface area contributed by atoms with E-state index in [1.165, 1.54) is 0 Å². The minimum atomic E-state index is -0.541. The molecule has 5 nitrogen and oxygen atoms in total. The van der Waals surface area contributed by atoms with Gasteiger partial charge in [-0.2, -0.15) is 10.5 Å². The molecule has 2 aromatic rings. The molecule has 0 spiro atoms. The Morgan fingerprint density at radius 1 is 1.25 bits per heavy atom. The molecule has 28 heavy (non-hydrogen) atoms. The van der Waals surface area contributed by atoms with Crippen LogP contribution in [0.4, 0.5) is 5.69 Å². The van der Waals surface area contributed by atoms with Crippen molar-refractivity contribution in [3.8, 4) is 12.1 Å².